The number of hydrogen-bond acceptors (Lipinski definition) is 4. The number of hydrogen-bond donors (Lipinski definition) is 2. The van der Waals surface area contributed by atoms with Gasteiger partial charge in [0, 0.05) is 24.0 Å². The van der Waals surface area contributed by atoms with E-state index in [1.165, 1.54) is 6.42 Å². The quantitative estimate of drug-likeness (QED) is 0.328. The van der Waals surface area contributed by atoms with Crippen LogP contribution < -0.4 is 5.32 Å². The number of aliphatic carboxylic acids is 1. The third-order valence-electron chi connectivity index (χ3n) is 4.28. The maximum absolute atomic E-state index is 11.6. The summed E-state index contributed by atoms with van der Waals surface area (Å²) in [7, 11) is 0. The molecule has 2 saturated heterocycles. The number of carboxylic acid groups (broad SMARTS) is 1. The first-order chi connectivity index (χ1) is 9.18. The van der Waals surface area contributed by atoms with Crippen LogP contribution >= 0.6 is 0 Å². The monoisotopic (exact) mass is 267 g/mol. The second-order valence-corrected chi connectivity index (χ2v) is 5.41. The van der Waals surface area contributed by atoms with E-state index in [9.17, 15) is 9.90 Å². The van der Waals surface area contributed by atoms with E-state index < -0.39 is 11.5 Å². The standard InChI is InChI=1S/C12H21N5O2/c13-16-15-6-2-5-14-12(11(18)19)4-8-17-7-1-3-10(17)9-12/h10,14H,1-9H2,(H,18,19). The van der Waals surface area contributed by atoms with Crippen molar-refractivity contribution in [3.05, 3.63) is 10.4 Å². The highest BCUT2D eigenvalue weighted by molar-refractivity contribution is 5.79. The van der Waals surface area contributed by atoms with Crippen molar-refractivity contribution >= 4 is 5.97 Å². The third-order valence-corrected chi connectivity index (χ3v) is 4.28. The van der Waals surface area contributed by atoms with Gasteiger partial charge < -0.3 is 15.3 Å². The molecule has 2 aliphatic heterocycles. The topological polar surface area (TPSA) is 101 Å². The number of carboxylic acids is 1. The van der Waals surface area contributed by atoms with Gasteiger partial charge in [-0.1, -0.05) is 5.11 Å². The summed E-state index contributed by atoms with van der Waals surface area (Å²) in [5, 5.41) is 16.2. The van der Waals surface area contributed by atoms with Gasteiger partial charge in [0.2, 0.25) is 0 Å². The molecule has 0 aliphatic carbocycles. The van der Waals surface area contributed by atoms with Gasteiger partial charge in [-0.25, -0.2) is 0 Å². The summed E-state index contributed by atoms with van der Waals surface area (Å²) in [5.41, 5.74) is 7.40. The maximum Gasteiger partial charge on any atom is 0.324 e. The number of nitrogens with one attached hydrogen (secondary N) is 1. The number of fused-ring (bicyclic) bond motifs is 1. The van der Waals surface area contributed by atoms with Crippen molar-refractivity contribution < 1.29 is 9.90 Å². The summed E-state index contributed by atoms with van der Waals surface area (Å²) in [6.45, 7) is 2.96. The lowest BCUT2D eigenvalue weighted by Gasteiger charge is -2.42. The number of carbonyl (C=O) groups is 1. The van der Waals surface area contributed by atoms with Crippen molar-refractivity contribution in [3.8, 4) is 0 Å². The molecule has 0 amide bonds. The largest absolute Gasteiger partial charge is 0.480 e. The van der Waals surface area contributed by atoms with Crippen LogP contribution in [0.15, 0.2) is 5.11 Å². The summed E-state index contributed by atoms with van der Waals surface area (Å²) in [6.07, 6.45) is 4.30. The average Bonchev–Trinajstić information content (AvgIpc) is 2.85. The van der Waals surface area contributed by atoms with Crippen LogP contribution in [0.25, 0.3) is 10.4 Å². The lowest BCUT2D eigenvalue weighted by atomic mass is 9.83. The Labute approximate surface area is 112 Å². The van der Waals surface area contributed by atoms with Crippen LogP contribution in [-0.2, 0) is 4.79 Å². The molecule has 0 bridgehead atoms. The molecular formula is C12H21N5O2. The van der Waals surface area contributed by atoms with Crippen LogP contribution in [0.4, 0.5) is 0 Å². The van der Waals surface area contributed by atoms with Crippen molar-refractivity contribution in [2.75, 3.05) is 26.2 Å². The van der Waals surface area contributed by atoms with Crippen LogP contribution in [-0.4, -0.2) is 53.7 Å². The van der Waals surface area contributed by atoms with E-state index in [0.717, 1.165) is 19.5 Å². The molecule has 7 nitrogen and oxygen atoms in total. The van der Waals surface area contributed by atoms with Gasteiger partial charge >= 0.3 is 5.97 Å². The maximum atomic E-state index is 11.6. The van der Waals surface area contributed by atoms with Crippen molar-refractivity contribution in [1.29, 1.82) is 0 Å². The molecular weight excluding hydrogens is 246 g/mol. The number of rotatable bonds is 6. The first-order valence-corrected chi connectivity index (χ1v) is 6.91. The van der Waals surface area contributed by atoms with Gasteiger partial charge in [-0.2, -0.15) is 0 Å². The minimum atomic E-state index is -0.790. The molecule has 2 N–H and O–H groups in total. The minimum Gasteiger partial charge on any atom is -0.480 e. The fourth-order valence-electron chi connectivity index (χ4n) is 3.21. The summed E-state index contributed by atoms with van der Waals surface area (Å²) < 4.78 is 0. The Morgan fingerprint density at radius 1 is 1.58 bits per heavy atom. The van der Waals surface area contributed by atoms with Gasteiger partial charge in [-0.15, -0.1) is 0 Å². The molecule has 0 radical (unpaired) electrons. The third kappa shape index (κ3) is 3.18. The Hall–Kier alpha value is -1.30. The number of piperidine rings is 1. The van der Waals surface area contributed by atoms with E-state index in [0.29, 0.717) is 38.4 Å². The molecule has 2 atom stereocenters. The van der Waals surface area contributed by atoms with Gasteiger partial charge in [0.1, 0.15) is 5.54 Å². The van der Waals surface area contributed by atoms with Crippen LogP contribution in [0.1, 0.15) is 32.1 Å². The molecule has 2 aliphatic rings. The Morgan fingerprint density at radius 3 is 3.16 bits per heavy atom. The number of azide groups is 1. The summed E-state index contributed by atoms with van der Waals surface area (Å²) in [4.78, 5) is 16.7. The highest BCUT2D eigenvalue weighted by atomic mass is 16.4. The lowest BCUT2D eigenvalue weighted by molar-refractivity contribution is -0.147. The first-order valence-electron chi connectivity index (χ1n) is 6.91. The molecule has 0 spiro atoms. The molecule has 2 rings (SSSR count). The molecule has 0 saturated carbocycles. The zero-order chi connectivity index (χ0) is 13.7. The number of nitrogens with zero attached hydrogens (tertiary/aromatic N) is 4. The molecule has 2 heterocycles. The molecule has 0 aromatic heterocycles. The van der Waals surface area contributed by atoms with Gasteiger partial charge in [0.05, 0.1) is 0 Å². The van der Waals surface area contributed by atoms with E-state index in [-0.39, 0.29) is 0 Å². The van der Waals surface area contributed by atoms with Crippen molar-refractivity contribution in [3.63, 3.8) is 0 Å². The van der Waals surface area contributed by atoms with Gasteiger partial charge in [0.25, 0.3) is 0 Å². The van der Waals surface area contributed by atoms with Crippen molar-refractivity contribution in [2.45, 2.75) is 43.7 Å². The molecule has 0 aromatic rings. The second kappa shape index (κ2) is 6.23. The summed E-state index contributed by atoms with van der Waals surface area (Å²) in [5.74, 6) is -0.747. The normalized spacial score (nSPS) is 30.6. The fourth-order valence-corrected chi connectivity index (χ4v) is 3.21. The van der Waals surface area contributed by atoms with Crippen LogP contribution in [0.3, 0.4) is 0 Å². The average molecular weight is 267 g/mol. The van der Waals surface area contributed by atoms with Crippen LogP contribution in [0, 0.1) is 0 Å². The predicted molar refractivity (Wildman–Crippen MR) is 70.8 cm³/mol. The van der Waals surface area contributed by atoms with Crippen molar-refractivity contribution in [1.82, 2.24) is 10.2 Å². The van der Waals surface area contributed by atoms with E-state index >= 15 is 0 Å². The van der Waals surface area contributed by atoms with Gasteiger partial charge in [-0.05, 0) is 50.7 Å². The van der Waals surface area contributed by atoms with E-state index in [4.69, 9.17) is 5.53 Å². The highest BCUT2D eigenvalue weighted by Gasteiger charge is 2.46. The van der Waals surface area contributed by atoms with E-state index in [1.54, 1.807) is 0 Å². The first kappa shape index (κ1) is 14.1. The molecule has 106 valence electrons. The smallest absolute Gasteiger partial charge is 0.324 e. The van der Waals surface area contributed by atoms with Crippen LogP contribution in [0.2, 0.25) is 0 Å². The van der Waals surface area contributed by atoms with E-state index in [1.807, 2.05) is 0 Å². The Balaban J connectivity index is 1.90. The Kier molecular flexibility index (Phi) is 4.63. The SMILES string of the molecule is [N-]=[N+]=NCCCNC1(C(=O)O)CCN2CCCC2C1. The second-order valence-electron chi connectivity index (χ2n) is 5.41. The predicted octanol–water partition coefficient (Wildman–Crippen LogP) is 1.36. The van der Waals surface area contributed by atoms with Crippen LogP contribution in [0.5, 0.6) is 0 Å². The molecule has 2 fully saturated rings. The summed E-state index contributed by atoms with van der Waals surface area (Å²) >= 11 is 0. The van der Waals surface area contributed by atoms with E-state index in [2.05, 4.69) is 20.2 Å². The summed E-state index contributed by atoms with van der Waals surface area (Å²) in [6, 6.07) is 0.412. The van der Waals surface area contributed by atoms with Gasteiger partial charge in [-0.3, -0.25) is 4.79 Å². The lowest BCUT2D eigenvalue weighted by Crippen LogP contribution is -2.60. The Bertz CT molecular complexity index is 382. The van der Waals surface area contributed by atoms with Crippen molar-refractivity contribution in [2.24, 2.45) is 5.11 Å². The van der Waals surface area contributed by atoms with Gasteiger partial charge in [0.15, 0.2) is 0 Å². The zero-order valence-electron chi connectivity index (χ0n) is 11.1. The fraction of sp³-hybridized carbons (Fsp3) is 0.917. The molecule has 19 heavy (non-hydrogen) atoms. The molecule has 0 aromatic carbocycles. The molecule has 7 heteroatoms. The highest BCUT2D eigenvalue weighted by Crippen LogP contribution is 2.33. The minimum absolute atomic E-state index is 0.411. The molecule has 2 unspecified atom stereocenters. The Morgan fingerprint density at radius 2 is 2.42 bits per heavy atom. The zero-order valence-corrected chi connectivity index (χ0v) is 11.1.